The van der Waals surface area contributed by atoms with Gasteiger partial charge in [0.2, 0.25) is 0 Å². The average molecular weight is 283 g/mol. The molecule has 0 spiro atoms. The SMILES string of the molecule is NC[C@@H]1CCC(C(=O)OCc2ccccc2)CC1(F)F. The Hall–Kier alpha value is -1.49. The lowest BCUT2D eigenvalue weighted by Gasteiger charge is -2.34. The fourth-order valence-electron chi connectivity index (χ4n) is 2.55. The lowest BCUT2D eigenvalue weighted by atomic mass is 9.79. The van der Waals surface area contributed by atoms with Crippen LogP contribution in [-0.2, 0) is 16.1 Å². The van der Waals surface area contributed by atoms with Crippen LogP contribution in [0.25, 0.3) is 0 Å². The number of nitrogens with two attached hydrogens (primary N) is 1. The van der Waals surface area contributed by atoms with Crippen LogP contribution in [0.15, 0.2) is 30.3 Å². The Kier molecular flexibility index (Phi) is 4.70. The minimum atomic E-state index is -2.87. The highest BCUT2D eigenvalue weighted by Crippen LogP contribution is 2.41. The van der Waals surface area contributed by atoms with Crippen LogP contribution in [0, 0.1) is 11.8 Å². The molecule has 1 aromatic carbocycles. The highest BCUT2D eigenvalue weighted by molar-refractivity contribution is 5.72. The van der Waals surface area contributed by atoms with E-state index in [0.717, 1.165) is 5.56 Å². The molecule has 0 heterocycles. The zero-order valence-electron chi connectivity index (χ0n) is 11.2. The smallest absolute Gasteiger partial charge is 0.309 e. The molecule has 0 radical (unpaired) electrons. The summed E-state index contributed by atoms with van der Waals surface area (Å²) in [5, 5.41) is 0. The van der Waals surface area contributed by atoms with Crippen LogP contribution in [0.2, 0.25) is 0 Å². The van der Waals surface area contributed by atoms with Gasteiger partial charge in [-0.05, 0) is 18.4 Å². The molecule has 1 aromatic rings. The van der Waals surface area contributed by atoms with Gasteiger partial charge in [0.25, 0.3) is 5.92 Å². The Morgan fingerprint density at radius 2 is 2.00 bits per heavy atom. The molecule has 5 heteroatoms. The number of hydrogen-bond acceptors (Lipinski definition) is 3. The van der Waals surface area contributed by atoms with Crippen molar-refractivity contribution in [2.75, 3.05) is 6.54 Å². The second-order valence-electron chi connectivity index (χ2n) is 5.27. The van der Waals surface area contributed by atoms with Crippen molar-refractivity contribution in [1.29, 1.82) is 0 Å². The number of carbonyl (C=O) groups excluding carboxylic acids is 1. The fourth-order valence-corrected chi connectivity index (χ4v) is 2.55. The predicted octanol–water partition coefficient (Wildman–Crippen LogP) is 2.74. The molecule has 110 valence electrons. The summed E-state index contributed by atoms with van der Waals surface area (Å²) < 4.78 is 32.6. The van der Waals surface area contributed by atoms with E-state index in [2.05, 4.69) is 0 Å². The number of ether oxygens (including phenoxy) is 1. The number of halogens is 2. The zero-order valence-corrected chi connectivity index (χ0v) is 11.2. The van der Waals surface area contributed by atoms with Crippen LogP contribution in [0.4, 0.5) is 8.78 Å². The summed E-state index contributed by atoms with van der Waals surface area (Å²) in [6, 6.07) is 9.19. The van der Waals surface area contributed by atoms with Gasteiger partial charge < -0.3 is 10.5 Å². The molecular formula is C15H19F2NO2. The molecular weight excluding hydrogens is 264 g/mol. The first-order chi connectivity index (χ1) is 9.53. The summed E-state index contributed by atoms with van der Waals surface area (Å²) in [5.74, 6) is -4.95. The van der Waals surface area contributed by atoms with E-state index in [0.29, 0.717) is 6.42 Å². The van der Waals surface area contributed by atoms with Crippen molar-refractivity contribution in [2.45, 2.75) is 31.8 Å². The Balaban J connectivity index is 1.87. The maximum Gasteiger partial charge on any atom is 0.309 e. The standard InChI is InChI=1S/C15H19F2NO2/c16-15(17)8-12(6-7-13(15)9-18)14(19)20-10-11-4-2-1-3-5-11/h1-5,12-13H,6-10,18H2/t12?,13-/m0/s1. The highest BCUT2D eigenvalue weighted by atomic mass is 19.3. The third-order valence-corrected chi connectivity index (χ3v) is 3.82. The lowest BCUT2D eigenvalue weighted by molar-refractivity contribution is -0.161. The van der Waals surface area contributed by atoms with Gasteiger partial charge in [-0.2, -0.15) is 0 Å². The Morgan fingerprint density at radius 1 is 1.30 bits per heavy atom. The van der Waals surface area contributed by atoms with Crippen molar-refractivity contribution in [1.82, 2.24) is 0 Å². The van der Waals surface area contributed by atoms with Gasteiger partial charge in [-0.1, -0.05) is 30.3 Å². The van der Waals surface area contributed by atoms with Crippen LogP contribution in [0.5, 0.6) is 0 Å². The number of hydrogen-bond donors (Lipinski definition) is 1. The van der Waals surface area contributed by atoms with Gasteiger partial charge in [0, 0.05) is 18.9 Å². The van der Waals surface area contributed by atoms with Crippen molar-refractivity contribution >= 4 is 5.97 Å². The molecule has 1 aliphatic carbocycles. The summed E-state index contributed by atoms with van der Waals surface area (Å²) in [6.07, 6.45) is 0.238. The van der Waals surface area contributed by atoms with Crippen LogP contribution in [-0.4, -0.2) is 18.4 Å². The van der Waals surface area contributed by atoms with Crippen molar-refractivity contribution in [3.63, 3.8) is 0 Å². The first-order valence-electron chi connectivity index (χ1n) is 6.81. The van der Waals surface area contributed by atoms with Crippen molar-refractivity contribution in [3.8, 4) is 0 Å². The van der Waals surface area contributed by atoms with Crippen LogP contribution >= 0.6 is 0 Å². The molecule has 1 aliphatic rings. The van der Waals surface area contributed by atoms with E-state index in [1.54, 1.807) is 0 Å². The minimum absolute atomic E-state index is 0.0429. The molecule has 1 fully saturated rings. The van der Waals surface area contributed by atoms with Gasteiger partial charge in [0.1, 0.15) is 6.61 Å². The van der Waals surface area contributed by atoms with E-state index in [9.17, 15) is 13.6 Å². The molecule has 0 bridgehead atoms. The third kappa shape index (κ3) is 3.54. The van der Waals surface area contributed by atoms with Gasteiger partial charge in [0.05, 0.1) is 5.92 Å². The minimum Gasteiger partial charge on any atom is -0.461 e. The number of esters is 1. The van der Waals surface area contributed by atoms with Gasteiger partial charge in [-0.25, -0.2) is 8.78 Å². The monoisotopic (exact) mass is 283 g/mol. The first-order valence-corrected chi connectivity index (χ1v) is 6.81. The highest BCUT2D eigenvalue weighted by Gasteiger charge is 2.46. The molecule has 0 aliphatic heterocycles. The fraction of sp³-hybridized carbons (Fsp3) is 0.533. The molecule has 0 amide bonds. The Bertz CT molecular complexity index is 450. The van der Waals surface area contributed by atoms with Crippen LogP contribution < -0.4 is 5.73 Å². The summed E-state index contributed by atoms with van der Waals surface area (Å²) in [5.41, 5.74) is 6.19. The molecule has 0 saturated heterocycles. The normalized spacial score (nSPS) is 25.1. The lowest BCUT2D eigenvalue weighted by Crippen LogP contribution is -2.42. The second-order valence-corrected chi connectivity index (χ2v) is 5.27. The van der Waals surface area contributed by atoms with Crippen LogP contribution in [0.3, 0.4) is 0 Å². The van der Waals surface area contributed by atoms with Crippen molar-refractivity contribution in [3.05, 3.63) is 35.9 Å². The summed E-state index contributed by atoms with van der Waals surface area (Å²) in [7, 11) is 0. The summed E-state index contributed by atoms with van der Waals surface area (Å²) in [6.45, 7) is 0.0842. The van der Waals surface area contributed by atoms with Crippen molar-refractivity contribution in [2.24, 2.45) is 17.6 Å². The van der Waals surface area contributed by atoms with Gasteiger partial charge >= 0.3 is 5.97 Å². The quantitative estimate of drug-likeness (QED) is 0.864. The summed E-state index contributed by atoms with van der Waals surface area (Å²) >= 11 is 0. The largest absolute Gasteiger partial charge is 0.461 e. The topological polar surface area (TPSA) is 52.3 Å². The molecule has 3 nitrogen and oxygen atoms in total. The van der Waals surface area contributed by atoms with E-state index in [1.807, 2.05) is 30.3 Å². The molecule has 20 heavy (non-hydrogen) atoms. The number of alkyl halides is 2. The summed E-state index contributed by atoms with van der Waals surface area (Å²) in [4.78, 5) is 11.9. The zero-order chi connectivity index (χ0) is 14.6. The van der Waals surface area contributed by atoms with E-state index >= 15 is 0 Å². The Morgan fingerprint density at radius 3 is 2.60 bits per heavy atom. The maximum atomic E-state index is 13.8. The first kappa shape index (κ1) is 14.9. The third-order valence-electron chi connectivity index (χ3n) is 3.82. The van der Waals surface area contributed by atoms with E-state index < -0.39 is 30.1 Å². The van der Waals surface area contributed by atoms with E-state index in [4.69, 9.17) is 10.5 Å². The number of benzene rings is 1. The van der Waals surface area contributed by atoms with E-state index in [1.165, 1.54) is 0 Å². The molecule has 0 aromatic heterocycles. The number of rotatable bonds is 4. The van der Waals surface area contributed by atoms with Gasteiger partial charge in [-0.15, -0.1) is 0 Å². The maximum absolute atomic E-state index is 13.8. The molecule has 2 N–H and O–H groups in total. The molecule has 1 unspecified atom stereocenters. The van der Waals surface area contributed by atoms with Crippen LogP contribution in [0.1, 0.15) is 24.8 Å². The second kappa shape index (κ2) is 6.31. The average Bonchev–Trinajstić information content (AvgIpc) is 2.44. The van der Waals surface area contributed by atoms with E-state index in [-0.39, 0.29) is 19.6 Å². The predicted molar refractivity (Wildman–Crippen MR) is 71.1 cm³/mol. The van der Waals surface area contributed by atoms with Gasteiger partial charge in [0.15, 0.2) is 0 Å². The molecule has 2 rings (SSSR count). The molecule has 1 saturated carbocycles. The number of carbonyl (C=O) groups is 1. The van der Waals surface area contributed by atoms with Crippen molar-refractivity contribution < 1.29 is 18.3 Å². The Labute approximate surface area is 117 Å². The van der Waals surface area contributed by atoms with Gasteiger partial charge in [-0.3, -0.25) is 4.79 Å². The molecule has 2 atom stereocenters.